The Labute approximate surface area is 183 Å². The minimum absolute atomic E-state index is 0.117. The average molecular weight is 419 g/mol. The van der Waals surface area contributed by atoms with Crippen LogP contribution in [0.15, 0.2) is 30.4 Å². The number of carbonyl (C=O) groups excluding carboxylic acids is 1. The Bertz CT molecular complexity index is 595. The quantitative estimate of drug-likeness (QED) is 0.156. The van der Waals surface area contributed by atoms with Gasteiger partial charge in [0.25, 0.3) is 0 Å². The zero-order valence-corrected chi connectivity index (χ0v) is 19.2. The fraction of sp³-hybridized carbons (Fsp3) is 0.654. The number of hydrogen-bond donors (Lipinski definition) is 1. The van der Waals surface area contributed by atoms with E-state index in [-0.39, 0.29) is 11.7 Å². The van der Waals surface area contributed by atoms with E-state index < -0.39 is 0 Å². The van der Waals surface area contributed by atoms with Gasteiger partial charge >= 0.3 is 5.97 Å². The Morgan fingerprint density at radius 1 is 0.933 bits per heavy atom. The number of phenolic OH excluding ortho intramolecular Hbond substituents is 1. The second kappa shape index (κ2) is 17.9. The Balaban J connectivity index is 1.93. The second-order valence-electron chi connectivity index (χ2n) is 7.96. The molecule has 4 heteroatoms. The van der Waals surface area contributed by atoms with Gasteiger partial charge in [0.1, 0.15) is 0 Å². The molecule has 0 spiro atoms. The van der Waals surface area contributed by atoms with Gasteiger partial charge in [-0.25, -0.2) is 0 Å². The highest BCUT2D eigenvalue weighted by Gasteiger charge is 2.05. The fourth-order valence-electron chi connectivity index (χ4n) is 3.40. The van der Waals surface area contributed by atoms with Crippen molar-refractivity contribution in [3.05, 3.63) is 35.9 Å². The van der Waals surface area contributed by atoms with Gasteiger partial charge in [-0.1, -0.05) is 70.1 Å². The highest BCUT2D eigenvalue weighted by atomic mass is 16.5. The lowest BCUT2D eigenvalue weighted by molar-refractivity contribution is -0.143. The number of hydrogen-bond acceptors (Lipinski definition) is 4. The van der Waals surface area contributed by atoms with E-state index in [0.29, 0.717) is 25.2 Å². The predicted molar refractivity (Wildman–Crippen MR) is 124 cm³/mol. The van der Waals surface area contributed by atoms with Crippen LogP contribution in [0.25, 0.3) is 0 Å². The zero-order chi connectivity index (χ0) is 21.9. The third kappa shape index (κ3) is 13.3. The van der Waals surface area contributed by atoms with E-state index in [1.54, 1.807) is 12.1 Å². The molecule has 0 saturated carbocycles. The summed E-state index contributed by atoms with van der Waals surface area (Å²) in [5.74, 6) is 0.433. The first kappa shape index (κ1) is 26.1. The molecule has 0 atom stereocenters. The third-order valence-corrected chi connectivity index (χ3v) is 5.29. The maximum absolute atomic E-state index is 11.8. The number of benzene rings is 1. The summed E-state index contributed by atoms with van der Waals surface area (Å²) in [7, 11) is 1.52. The lowest BCUT2D eigenvalue weighted by atomic mass is 10.1. The van der Waals surface area contributed by atoms with Crippen molar-refractivity contribution in [2.24, 2.45) is 0 Å². The molecular formula is C26H42O4. The summed E-state index contributed by atoms with van der Waals surface area (Å²) in [5, 5.41) is 9.59. The topological polar surface area (TPSA) is 55.8 Å². The maximum Gasteiger partial charge on any atom is 0.305 e. The minimum atomic E-state index is -0.125. The van der Waals surface area contributed by atoms with Crippen LogP contribution >= 0.6 is 0 Å². The summed E-state index contributed by atoms with van der Waals surface area (Å²) >= 11 is 0. The molecule has 0 radical (unpaired) electrons. The summed E-state index contributed by atoms with van der Waals surface area (Å²) in [6, 6.07) is 5.18. The van der Waals surface area contributed by atoms with E-state index in [1.807, 2.05) is 6.07 Å². The normalized spacial score (nSPS) is 11.1. The van der Waals surface area contributed by atoms with Gasteiger partial charge in [-0.3, -0.25) is 4.79 Å². The molecule has 0 unspecified atom stereocenters. The minimum Gasteiger partial charge on any atom is -0.504 e. The average Bonchev–Trinajstić information content (AvgIpc) is 2.75. The summed E-state index contributed by atoms with van der Waals surface area (Å²) in [4.78, 5) is 11.8. The van der Waals surface area contributed by atoms with Crippen molar-refractivity contribution >= 4 is 5.97 Å². The van der Waals surface area contributed by atoms with Crippen LogP contribution in [0.1, 0.15) is 96.0 Å². The molecule has 1 aromatic rings. The molecule has 4 nitrogen and oxygen atoms in total. The van der Waals surface area contributed by atoms with Crippen molar-refractivity contribution in [3.63, 3.8) is 0 Å². The Kier molecular flexibility index (Phi) is 15.5. The third-order valence-electron chi connectivity index (χ3n) is 5.29. The van der Waals surface area contributed by atoms with Crippen LogP contribution in [0.2, 0.25) is 0 Å². The molecule has 0 saturated heterocycles. The first-order chi connectivity index (χ1) is 14.7. The van der Waals surface area contributed by atoms with Gasteiger partial charge in [0, 0.05) is 12.8 Å². The highest BCUT2D eigenvalue weighted by molar-refractivity contribution is 5.69. The van der Waals surface area contributed by atoms with E-state index in [1.165, 1.54) is 64.9 Å². The lowest BCUT2D eigenvalue weighted by Gasteiger charge is -2.08. The number of phenols is 1. The molecule has 1 rings (SSSR count). The van der Waals surface area contributed by atoms with Gasteiger partial charge < -0.3 is 14.6 Å². The van der Waals surface area contributed by atoms with Crippen LogP contribution in [0.3, 0.4) is 0 Å². The summed E-state index contributed by atoms with van der Waals surface area (Å²) in [6.07, 6.45) is 20.6. The maximum atomic E-state index is 11.8. The molecule has 170 valence electrons. The fourth-order valence-corrected chi connectivity index (χ4v) is 3.40. The molecule has 0 aliphatic carbocycles. The number of ether oxygens (including phenoxy) is 2. The molecule has 0 aliphatic heterocycles. The number of unbranched alkanes of at least 4 members (excludes halogenated alkanes) is 10. The van der Waals surface area contributed by atoms with E-state index in [2.05, 4.69) is 19.1 Å². The van der Waals surface area contributed by atoms with Gasteiger partial charge in [0.2, 0.25) is 0 Å². The number of aromatic hydroxyl groups is 1. The van der Waals surface area contributed by atoms with Gasteiger partial charge in [-0.05, 0) is 49.8 Å². The Morgan fingerprint density at radius 3 is 2.23 bits per heavy atom. The number of esters is 1. The first-order valence-electron chi connectivity index (χ1n) is 11.8. The smallest absolute Gasteiger partial charge is 0.305 e. The lowest BCUT2D eigenvalue weighted by Crippen LogP contribution is -2.07. The molecule has 0 bridgehead atoms. The van der Waals surface area contributed by atoms with Crippen molar-refractivity contribution in [2.45, 2.75) is 96.8 Å². The van der Waals surface area contributed by atoms with Crippen molar-refractivity contribution in [2.75, 3.05) is 13.7 Å². The number of rotatable bonds is 18. The standard InChI is InChI=1S/C26H42O4/c1-3-4-5-6-7-8-9-10-11-12-13-14-15-16-17-26(28)30-21-20-23-18-19-24(27)25(22-23)29-2/h10-11,18-19,22,27H,3-9,12-17,20-21H2,1-2H3/b11-10-. The van der Waals surface area contributed by atoms with Crippen molar-refractivity contribution in [1.29, 1.82) is 0 Å². The molecule has 1 N–H and O–H groups in total. The van der Waals surface area contributed by atoms with E-state index in [9.17, 15) is 9.90 Å². The van der Waals surface area contributed by atoms with E-state index >= 15 is 0 Å². The van der Waals surface area contributed by atoms with Gasteiger partial charge in [0.15, 0.2) is 11.5 Å². The monoisotopic (exact) mass is 418 g/mol. The summed E-state index contributed by atoms with van der Waals surface area (Å²) in [6.45, 7) is 2.61. The van der Waals surface area contributed by atoms with Crippen LogP contribution in [0, 0.1) is 0 Å². The van der Waals surface area contributed by atoms with E-state index in [4.69, 9.17) is 9.47 Å². The van der Waals surface area contributed by atoms with Crippen LogP contribution in [-0.4, -0.2) is 24.8 Å². The van der Waals surface area contributed by atoms with Crippen LogP contribution in [0.4, 0.5) is 0 Å². The van der Waals surface area contributed by atoms with Crippen molar-refractivity contribution in [1.82, 2.24) is 0 Å². The largest absolute Gasteiger partial charge is 0.504 e. The Morgan fingerprint density at radius 2 is 1.57 bits per heavy atom. The molecule has 0 aromatic heterocycles. The van der Waals surface area contributed by atoms with Crippen LogP contribution in [0.5, 0.6) is 11.5 Å². The zero-order valence-electron chi connectivity index (χ0n) is 19.2. The van der Waals surface area contributed by atoms with E-state index in [0.717, 1.165) is 24.8 Å². The second-order valence-corrected chi connectivity index (χ2v) is 7.96. The van der Waals surface area contributed by atoms with Crippen molar-refractivity contribution < 1.29 is 19.4 Å². The van der Waals surface area contributed by atoms with Crippen LogP contribution in [-0.2, 0) is 16.0 Å². The molecule has 0 heterocycles. The summed E-state index contributed by atoms with van der Waals surface area (Å²) in [5.41, 5.74) is 0.974. The number of methoxy groups -OCH3 is 1. The Hall–Kier alpha value is -1.97. The molecular weight excluding hydrogens is 376 g/mol. The number of allylic oxidation sites excluding steroid dienone is 2. The number of carbonyl (C=O) groups is 1. The molecule has 30 heavy (non-hydrogen) atoms. The predicted octanol–water partition coefficient (Wildman–Crippen LogP) is 7.13. The molecule has 1 aromatic carbocycles. The first-order valence-corrected chi connectivity index (χ1v) is 11.8. The van der Waals surface area contributed by atoms with Gasteiger partial charge in [-0.2, -0.15) is 0 Å². The molecule has 0 aliphatic rings. The summed E-state index contributed by atoms with van der Waals surface area (Å²) < 4.78 is 10.4. The molecule has 0 fully saturated rings. The SMILES string of the molecule is CCCCCCCC/C=C\CCCCCCC(=O)OCCc1ccc(O)c(OC)c1. The van der Waals surface area contributed by atoms with Crippen molar-refractivity contribution in [3.8, 4) is 11.5 Å². The van der Waals surface area contributed by atoms with Crippen LogP contribution < -0.4 is 4.74 Å². The van der Waals surface area contributed by atoms with Gasteiger partial charge in [0.05, 0.1) is 13.7 Å². The molecule has 0 amide bonds. The highest BCUT2D eigenvalue weighted by Crippen LogP contribution is 2.26. The van der Waals surface area contributed by atoms with Gasteiger partial charge in [-0.15, -0.1) is 0 Å².